The zero-order valence-electron chi connectivity index (χ0n) is 9.17. The van der Waals surface area contributed by atoms with Crippen molar-refractivity contribution in [2.45, 2.75) is 44.6 Å². The molecule has 1 aromatic rings. The first-order chi connectivity index (χ1) is 7.75. The third kappa shape index (κ3) is 3.32. The molecule has 0 saturated heterocycles. The summed E-state index contributed by atoms with van der Waals surface area (Å²) >= 11 is 4.86. The van der Waals surface area contributed by atoms with Gasteiger partial charge in [-0.15, -0.1) is 11.3 Å². The van der Waals surface area contributed by atoms with Gasteiger partial charge in [0.1, 0.15) is 0 Å². The smallest absolute Gasteiger partial charge is 0.261 e. The number of amides is 1. The topological polar surface area (TPSA) is 29.1 Å². The Kier molecular flexibility index (Phi) is 4.41. The molecule has 1 N–H and O–H groups in total. The maximum absolute atomic E-state index is 11.9. The monoisotopic (exact) mass is 301 g/mol. The largest absolute Gasteiger partial charge is 0.349 e. The minimum atomic E-state index is 0.0857. The van der Waals surface area contributed by atoms with Crippen LogP contribution in [0.3, 0.4) is 0 Å². The first-order valence-electron chi connectivity index (χ1n) is 5.80. The molecule has 0 bridgehead atoms. The number of thiophene rings is 1. The van der Waals surface area contributed by atoms with Crippen LogP contribution in [0.15, 0.2) is 15.9 Å². The van der Waals surface area contributed by atoms with E-state index >= 15 is 0 Å². The Bertz CT molecular complexity index is 356. The van der Waals surface area contributed by atoms with Crippen LogP contribution in [-0.2, 0) is 0 Å². The lowest BCUT2D eigenvalue weighted by Gasteiger charge is -2.15. The van der Waals surface area contributed by atoms with E-state index in [9.17, 15) is 4.79 Å². The second-order valence-corrected chi connectivity index (χ2v) is 6.12. The summed E-state index contributed by atoms with van der Waals surface area (Å²) in [5, 5.41) is 5.09. The zero-order chi connectivity index (χ0) is 11.4. The quantitative estimate of drug-likeness (QED) is 0.823. The number of halogens is 1. The summed E-state index contributed by atoms with van der Waals surface area (Å²) < 4.78 is 0.989. The standard InChI is InChI=1S/C12H16BrNOS/c13-9-7-11(16-8-9)12(15)14-10-5-3-1-2-4-6-10/h7-8,10H,1-6H2,(H,14,15). The molecule has 2 rings (SSSR count). The first kappa shape index (κ1) is 12.1. The van der Waals surface area contributed by atoms with Gasteiger partial charge < -0.3 is 5.32 Å². The van der Waals surface area contributed by atoms with Gasteiger partial charge in [-0.2, -0.15) is 0 Å². The van der Waals surface area contributed by atoms with Gasteiger partial charge in [0.25, 0.3) is 5.91 Å². The van der Waals surface area contributed by atoms with Crippen LogP contribution >= 0.6 is 27.3 Å². The molecule has 1 aliphatic carbocycles. The van der Waals surface area contributed by atoms with E-state index in [0.29, 0.717) is 6.04 Å². The molecular weight excluding hydrogens is 286 g/mol. The van der Waals surface area contributed by atoms with Crippen molar-refractivity contribution in [1.29, 1.82) is 0 Å². The summed E-state index contributed by atoms with van der Waals surface area (Å²) in [4.78, 5) is 12.7. The highest BCUT2D eigenvalue weighted by atomic mass is 79.9. The van der Waals surface area contributed by atoms with E-state index in [1.807, 2.05) is 11.4 Å². The van der Waals surface area contributed by atoms with Crippen molar-refractivity contribution in [3.63, 3.8) is 0 Å². The van der Waals surface area contributed by atoms with Crippen molar-refractivity contribution in [2.24, 2.45) is 0 Å². The van der Waals surface area contributed by atoms with Gasteiger partial charge in [0, 0.05) is 15.9 Å². The minimum Gasteiger partial charge on any atom is -0.349 e. The molecule has 1 aliphatic rings. The molecule has 16 heavy (non-hydrogen) atoms. The van der Waals surface area contributed by atoms with Crippen LogP contribution in [0.1, 0.15) is 48.2 Å². The maximum atomic E-state index is 11.9. The van der Waals surface area contributed by atoms with Crippen molar-refractivity contribution in [3.05, 3.63) is 20.8 Å². The SMILES string of the molecule is O=C(NC1CCCCCC1)c1cc(Br)cs1. The number of hydrogen-bond donors (Lipinski definition) is 1. The average Bonchev–Trinajstić information content (AvgIpc) is 2.54. The molecule has 0 aliphatic heterocycles. The molecule has 1 heterocycles. The fourth-order valence-corrected chi connectivity index (χ4v) is 3.44. The molecule has 0 atom stereocenters. The average molecular weight is 302 g/mol. The summed E-state index contributed by atoms with van der Waals surface area (Å²) in [7, 11) is 0. The Labute approximate surface area is 109 Å². The highest BCUT2D eigenvalue weighted by molar-refractivity contribution is 9.10. The van der Waals surface area contributed by atoms with E-state index in [1.54, 1.807) is 0 Å². The van der Waals surface area contributed by atoms with E-state index in [-0.39, 0.29) is 5.91 Å². The van der Waals surface area contributed by atoms with E-state index in [2.05, 4.69) is 21.2 Å². The molecule has 1 fully saturated rings. The second-order valence-electron chi connectivity index (χ2n) is 4.29. The van der Waals surface area contributed by atoms with Crippen LogP contribution in [-0.4, -0.2) is 11.9 Å². The number of rotatable bonds is 2. The molecule has 1 amide bonds. The lowest BCUT2D eigenvalue weighted by molar-refractivity contribution is 0.0937. The van der Waals surface area contributed by atoms with Crippen molar-refractivity contribution < 1.29 is 4.79 Å². The van der Waals surface area contributed by atoms with Crippen molar-refractivity contribution in [2.75, 3.05) is 0 Å². The summed E-state index contributed by atoms with van der Waals surface area (Å²) in [6, 6.07) is 2.27. The molecule has 0 aromatic carbocycles. The summed E-state index contributed by atoms with van der Waals surface area (Å²) in [6.07, 6.45) is 7.41. The molecule has 0 spiro atoms. The fraction of sp³-hybridized carbons (Fsp3) is 0.583. The van der Waals surface area contributed by atoms with E-state index in [1.165, 1.54) is 37.0 Å². The maximum Gasteiger partial charge on any atom is 0.261 e. The van der Waals surface area contributed by atoms with E-state index < -0.39 is 0 Å². The normalized spacial score (nSPS) is 18.1. The zero-order valence-corrected chi connectivity index (χ0v) is 11.6. The summed E-state index contributed by atoms with van der Waals surface area (Å²) in [6.45, 7) is 0. The lowest BCUT2D eigenvalue weighted by atomic mass is 10.1. The van der Waals surface area contributed by atoms with E-state index in [0.717, 1.165) is 22.2 Å². The molecule has 2 nitrogen and oxygen atoms in total. The Morgan fingerprint density at radius 1 is 1.31 bits per heavy atom. The number of hydrogen-bond acceptors (Lipinski definition) is 2. The first-order valence-corrected chi connectivity index (χ1v) is 7.48. The lowest BCUT2D eigenvalue weighted by Crippen LogP contribution is -2.33. The Morgan fingerprint density at radius 3 is 2.56 bits per heavy atom. The number of carbonyl (C=O) groups is 1. The minimum absolute atomic E-state index is 0.0857. The Hall–Kier alpha value is -0.350. The summed E-state index contributed by atoms with van der Waals surface area (Å²) in [5.74, 6) is 0.0857. The highest BCUT2D eigenvalue weighted by Crippen LogP contribution is 2.21. The molecule has 88 valence electrons. The van der Waals surface area contributed by atoms with Crippen LogP contribution in [0.2, 0.25) is 0 Å². The van der Waals surface area contributed by atoms with Gasteiger partial charge in [0.05, 0.1) is 4.88 Å². The van der Waals surface area contributed by atoms with Crippen LogP contribution < -0.4 is 5.32 Å². The van der Waals surface area contributed by atoms with Gasteiger partial charge in [0.15, 0.2) is 0 Å². The predicted molar refractivity (Wildman–Crippen MR) is 71.0 cm³/mol. The molecular formula is C12H16BrNOS. The number of carbonyl (C=O) groups excluding carboxylic acids is 1. The summed E-state index contributed by atoms with van der Waals surface area (Å²) in [5.41, 5.74) is 0. The third-order valence-corrected chi connectivity index (χ3v) is 4.67. The molecule has 4 heteroatoms. The predicted octanol–water partition coefficient (Wildman–Crippen LogP) is 3.96. The Balaban J connectivity index is 1.90. The fourth-order valence-electron chi connectivity index (χ4n) is 2.11. The van der Waals surface area contributed by atoms with Gasteiger partial charge >= 0.3 is 0 Å². The van der Waals surface area contributed by atoms with Gasteiger partial charge in [-0.3, -0.25) is 4.79 Å². The van der Waals surface area contributed by atoms with Crippen molar-refractivity contribution in [3.8, 4) is 0 Å². The van der Waals surface area contributed by atoms with Gasteiger partial charge in [-0.25, -0.2) is 0 Å². The molecule has 1 aromatic heterocycles. The molecule has 0 unspecified atom stereocenters. The molecule has 1 saturated carbocycles. The van der Waals surface area contributed by atoms with Crippen molar-refractivity contribution in [1.82, 2.24) is 5.32 Å². The van der Waals surface area contributed by atoms with Crippen LogP contribution in [0, 0.1) is 0 Å². The van der Waals surface area contributed by atoms with Crippen LogP contribution in [0.4, 0.5) is 0 Å². The van der Waals surface area contributed by atoms with Gasteiger partial charge in [-0.05, 0) is 34.8 Å². The van der Waals surface area contributed by atoms with Crippen molar-refractivity contribution >= 4 is 33.2 Å². The second kappa shape index (κ2) is 5.82. The third-order valence-electron chi connectivity index (χ3n) is 2.98. The van der Waals surface area contributed by atoms with Crippen LogP contribution in [0.5, 0.6) is 0 Å². The Morgan fingerprint density at radius 2 is 2.00 bits per heavy atom. The molecule has 0 radical (unpaired) electrons. The van der Waals surface area contributed by atoms with Crippen LogP contribution in [0.25, 0.3) is 0 Å². The van der Waals surface area contributed by atoms with E-state index in [4.69, 9.17) is 0 Å². The number of nitrogens with one attached hydrogen (secondary N) is 1. The highest BCUT2D eigenvalue weighted by Gasteiger charge is 2.16. The van der Waals surface area contributed by atoms with Gasteiger partial charge in [-0.1, -0.05) is 25.7 Å². The van der Waals surface area contributed by atoms with Gasteiger partial charge in [0.2, 0.25) is 0 Å².